The SMILES string of the molecule is CC(C)OC(=O)[C@H](C)N.CC(C)OC(=O)[C@H](C)NP(=O)(N[C@@H](C)C(=O)OC(C)C)OC[C@@]1(F)O[C@@H](n2ccc(=O)[nH]c2=O)[C@](C)(O)[C@@H]1O.CC(C)OC(=O)[C@H](C)NP(=O)(N[C@@H](C)C(=O)OC(C)C)Oc1c(F)c(F)c(F)c(F)c1F.COC1O[C@H]2[C@@](C)(O1)[C@H](n1ccc(=O)[nH]c1=O)O[C@]2(F)COP(=O)(N[C@@H](C)C(=O)OC(C)C)N[C@@H](C)C(=O)OC(C)C.Cl. The molecule has 53 heteroatoms. The Labute approximate surface area is 708 Å². The number of ether oxygens (including phenoxy) is 12. The lowest BCUT2D eigenvalue weighted by atomic mass is 9.95. The van der Waals surface area contributed by atoms with Gasteiger partial charge in [0.1, 0.15) is 72.8 Å². The van der Waals surface area contributed by atoms with Crippen molar-refractivity contribution in [2.24, 2.45) is 5.73 Å². The van der Waals surface area contributed by atoms with Crippen molar-refractivity contribution in [1.29, 1.82) is 0 Å². The second-order valence-corrected chi connectivity index (χ2v) is 35.6. The number of hydrogen-bond acceptors (Lipinski definition) is 32. The molecule has 123 heavy (non-hydrogen) atoms. The largest absolute Gasteiger partial charge is 0.462 e. The number of nitrogens with two attached hydrogens (primary N) is 1. The van der Waals surface area contributed by atoms with Crippen LogP contribution in [0.3, 0.4) is 0 Å². The zero-order chi connectivity index (χ0) is 93.9. The van der Waals surface area contributed by atoms with Gasteiger partial charge in [-0.3, -0.25) is 80.4 Å². The van der Waals surface area contributed by atoms with Gasteiger partial charge in [-0.15, -0.1) is 12.4 Å². The fourth-order valence-electron chi connectivity index (χ4n) is 10.4. The minimum Gasteiger partial charge on any atom is -0.462 e. The first-order chi connectivity index (χ1) is 55.9. The summed E-state index contributed by atoms with van der Waals surface area (Å²) in [5.74, 6) is -25.6. The molecule has 0 spiro atoms. The highest BCUT2D eigenvalue weighted by Gasteiger charge is 2.71. The van der Waals surface area contributed by atoms with Gasteiger partial charge in [-0.1, -0.05) is 0 Å². The maximum atomic E-state index is 16.7. The normalized spacial score (nSPS) is 23.0. The van der Waals surface area contributed by atoms with Gasteiger partial charge in [-0.2, -0.15) is 8.78 Å². The van der Waals surface area contributed by atoms with Crippen LogP contribution in [0.1, 0.15) is 172 Å². The quantitative estimate of drug-likeness (QED) is 0.00895. The number of alkyl halides is 2. The topological polar surface area (TPSA) is 558 Å². The lowest BCUT2D eigenvalue weighted by molar-refractivity contribution is -0.300. The van der Waals surface area contributed by atoms with Crippen LogP contribution in [-0.2, 0) is 113 Å². The van der Waals surface area contributed by atoms with Gasteiger partial charge < -0.3 is 77.3 Å². The van der Waals surface area contributed by atoms with Crippen LogP contribution >= 0.6 is 35.4 Å². The number of halogens is 8. The smallest absolute Gasteiger partial charge is 0.392 e. The molecule has 3 aliphatic rings. The first-order valence-electron chi connectivity index (χ1n) is 37.7. The van der Waals surface area contributed by atoms with Gasteiger partial charge in [0.05, 0.1) is 42.7 Å². The van der Waals surface area contributed by atoms with Crippen molar-refractivity contribution < 1.29 is 159 Å². The Kier molecular flexibility index (Phi) is 42.5. The van der Waals surface area contributed by atoms with Crippen LogP contribution in [0.5, 0.6) is 5.75 Å². The Morgan fingerprint density at radius 3 is 1.03 bits per heavy atom. The molecule has 3 saturated heterocycles. The molecular formula is C70H112ClF7N11O31P3. The van der Waals surface area contributed by atoms with E-state index in [-0.39, 0.29) is 24.5 Å². The van der Waals surface area contributed by atoms with Crippen LogP contribution in [0, 0.1) is 29.1 Å². The minimum atomic E-state index is -4.89. The molecular weight excluding hydrogens is 1750 g/mol. The van der Waals surface area contributed by atoms with E-state index >= 15 is 8.78 Å². The molecule has 6 rings (SSSR count). The number of esters is 7. The van der Waals surface area contributed by atoms with E-state index in [0.717, 1.165) is 49.9 Å². The summed E-state index contributed by atoms with van der Waals surface area (Å²) in [5, 5.41) is 35.1. The van der Waals surface area contributed by atoms with E-state index in [1.807, 2.05) is 4.98 Å². The van der Waals surface area contributed by atoms with Gasteiger partial charge in [0.2, 0.25) is 34.8 Å². The third-order valence-corrected chi connectivity index (χ3v) is 21.7. The van der Waals surface area contributed by atoms with Gasteiger partial charge in [0, 0.05) is 31.6 Å². The lowest BCUT2D eigenvalue weighted by Crippen LogP contribution is -2.50. The van der Waals surface area contributed by atoms with E-state index in [0.29, 0.717) is 4.57 Å². The molecule has 3 aliphatic heterocycles. The highest BCUT2D eigenvalue weighted by Crippen LogP contribution is 2.55. The van der Waals surface area contributed by atoms with Gasteiger partial charge in [0.25, 0.3) is 29.3 Å². The van der Waals surface area contributed by atoms with Gasteiger partial charge in [-0.05, 0) is 159 Å². The summed E-state index contributed by atoms with van der Waals surface area (Å²) in [5.41, 5.74) is -2.39. The molecule has 0 aliphatic carbocycles. The number of aromatic amines is 2. The zero-order valence-electron chi connectivity index (χ0n) is 71.8. The summed E-state index contributed by atoms with van der Waals surface area (Å²) in [7, 11) is -12.7. The monoisotopic (exact) mass is 1860 g/mol. The second kappa shape index (κ2) is 46.8. The van der Waals surface area contributed by atoms with Crippen molar-refractivity contribution in [3.05, 3.63) is 95.3 Å². The van der Waals surface area contributed by atoms with Crippen LogP contribution < -0.4 is 63.3 Å². The fourth-order valence-corrected chi connectivity index (χ4v) is 15.9. The summed E-state index contributed by atoms with van der Waals surface area (Å²) in [6.07, 6.45) is -8.55. The Morgan fingerprint density at radius 2 is 0.748 bits per heavy atom. The molecule has 12 N–H and O–H groups in total. The van der Waals surface area contributed by atoms with Crippen molar-refractivity contribution >= 4 is 77.2 Å². The number of rotatable bonds is 37. The molecule has 1 aromatic carbocycles. The molecule has 0 amide bonds. The number of carbonyl (C=O) groups excluding carboxylic acids is 7. The number of methoxy groups -OCH3 is 1. The highest BCUT2D eigenvalue weighted by atomic mass is 35.5. The lowest BCUT2D eigenvalue weighted by Gasteiger charge is -2.30. The molecule has 2 aromatic heterocycles. The number of hydrogen-bond donors (Lipinski definition) is 11. The second-order valence-electron chi connectivity index (χ2n) is 30.0. The van der Waals surface area contributed by atoms with E-state index in [1.54, 1.807) is 76.2 Å². The predicted molar refractivity (Wildman–Crippen MR) is 419 cm³/mol. The molecule has 0 bridgehead atoms. The standard InChI is InChI=1S/C24H38FN4O12P.C22H36FN4O11P.C18H24F5N2O6P.C6H13NO2.ClH/c1-12(2)37-17(31)14(5)27-42(34,28-15(6)18(32)38-13(3)4)36-11-24(25)19-23(7,41-22(35-8)39-19)20(40-24)29-10-9-16(30)26-21(29)33;1-11(2)36-16(29)13(5)25-39(34,26-14(6)17(30)37-12(3)4)35-10-22(23)18(31)21(7,33)19(38-22)27-9-8-15(28)24-20(27)32;1-7(2)29-17(26)9(5)24-32(28,25-10(6)18(27)30-8(3)4)31-16-14(22)12(20)11(19)13(21)15(16)23;1-4(2)9-6(8)5(3)7;/h9-10,12-15,19-20,22H,11H2,1-8H3,(H,26,30,33)(H2,27,28,34);8-9,11-14,18-19,31,33H,10H2,1-7H3,(H,24,28,32)(H2,25,26,34);7-10H,1-6H3,(H2,24,25,28);4-5H,7H2,1-3H3;1H/t14-,15-,19-,20+,22?,23+,24+;13-,14-,18-,19+,21+,22+;9-,10-;5-;/m0000./s1. The van der Waals surface area contributed by atoms with E-state index in [1.165, 1.54) is 69.4 Å². The molecule has 1 unspecified atom stereocenters. The third-order valence-electron chi connectivity index (χ3n) is 15.9. The van der Waals surface area contributed by atoms with Crippen molar-refractivity contribution in [2.75, 3.05) is 20.3 Å². The predicted octanol–water partition coefficient (Wildman–Crippen LogP) is 5.08. The zero-order valence-corrected chi connectivity index (χ0v) is 75.3. The first kappa shape index (κ1) is 112. The average Bonchev–Trinajstić information content (AvgIpc) is 1.55. The van der Waals surface area contributed by atoms with Crippen molar-refractivity contribution in [1.82, 2.24) is 49.6 Å². The number of nitrogens with one attached hydrogen (secondary N) is 8. The molecule has 0 radical (unpaired) electrons. The number of fused-ring (bicyclic) bond motifs is 1. The summed E-state index contributed by atoms with van der Waals surface area (Å²) in [6, 6.07) is -6.50. The molecule has 42 nitrogen and oxygen atoms in total. The maximum absolute atomic E-state index is 16.7. The Morgan fingerprint density at radius 1 is 0.472 bits per heavy atom. The van der Waals surface area contributed by atoms with Crippen molar-refractivity contribution in [2.45, 2.75) is 298 Å². The maximum Gasteiger partial charge on any atom is 0.392 e. The third kappa shape index (κ3) is 32.1. The molecule has 16 atom stereocenters. The van der Waals surface area contributed by atoms with Crippen molar-refractivity contribution in [3.63, 3.8) is 0 Å². The number of benzene rings is 1. The highest BCUT2D eigenvalue weighted by molar-refractivity contribution is 7.55. The summed E-state index contributed by atoms with van der Waals surface area (Å²) in [6.45, 7) is 30.1. The van der Waals surface area contributed by atoms with Crippen LogP contribution in [0.4, 0.5) is 30.7 Å². The molecule has 704 valence electrons. The van der Waals surface area contributed by atoms with Crippen LogP contribution in [0.2, 0.25) is 0 Å². The van der Waals surface area contributed by atoms with Crippen LogP contribution in [0.15, 0.2) is 43.7 Å². The molecule has 0 saturated carbocycles. The molecule has 5 heterocycles. The summed E-state index contributed by atoms with van der Waals surface area (Å²) < 4.78 is 221. The average molecular weight is 1870 g/mol. The van der Waals surface area contributed by atoms with Gasteiger partial charge in [0.15, 0.2) is 18.6 Å². The van der Waals surface area contributed by atoms with Crippen molar-refractivity contribution in [3.8, 4) is 5.75 Å². The van der Waals surface area contributed by atoms with Gasteiger partial charge in [-0.25, -0.2) is 66.6 Å². The molecule has 3 fully saturated rings. The van der Waals surface area contributed by atoms with Gasteiger partial charge >= 0.3 is 76.2 Å². The number of aliphatic hydroxyl groups is 2. The number of carbonyl (C=O) groups is 7. The summed E-state index contributed by atoms with van der Waals surface area (Å²) in [4.78, 5) is 136. The number of aliphatic hydroxyl groups excluding tert-OH is 1. The Hall–Kier alpha value is -7.48. The Balaban J connectivity index is 0.000000596. The van der Waals surface area contributed by atoms with E-state index in [4.69, 9.17) is 71.6 Å². The number of aromatic nitrogens is 4. The van der Waals surface area contributed by atoms with E-state index in [9.17, 15) is 98.6 Å². The fraction of sp³-hybridized carbons (Fsp3) is 0.700. The van der Waals surface area contributed by atoms with Crippen LogP contribution in [-0.4, -0.2) is 218 Å². The molecule has 3 aromatic rings. The Bertz CT molecular complexity index is 4380. The summed E-state index contributed by atoms with van der Waals surface area (Å²) >= 11 is 0. The number of H-pyrrole nitrogens is 2. The first-order valence-corrected chi connectivity index (χ1v) is 42.5. The van der Waals surface area contributed by atoms with E-state index in [2.05, 4.69) is 40.0 Å². The van der Waals surface area contributed by atoms with Crippen LogP contribution in [0.25, 0.3) is 0 Å². The minimum absolute atomic E-state index is 0. The van der Waals surface area contributed by atoms with E-state index < -0.39 is 262 Å². The number of nitrogens with zero attached hydrogens (tertiary/aromatic N) is 2.